The first-order valence-corrected chi connectivity index (χ1v) is 7.73. The molecule has 0 saturated carbocycles. The fourth-order valence-electron chi connectivity index (χ4n) is 2.38. The predicted octanol–water partition coefficient (Wildman–Crippen LogP) is 3.69. The van der Waals surface area contributed by atoms with Crippen LogP contribution in [0.4, 0.5) is 8.78 Å². The fourth-order valence-corrected chi connectivity index (χ4v) is 2.38. The maximum absolute atomic E-state index is 13.8. The Bertz CT molecular complexity index is 937. The molecule has 134 valence electrons. The van der Waals surface area contributed by atoms with Gasteiger partial charge >= 0.3 is 0 Å². The van der Waals surface area contributed by atoms with Crippen LogP contribution in [-0.4, -0.2) is 16.0 Å². The summed E-state index contributed by atoms with van der Waals surface area (Å²) in [6.07, 6.45) is 1.47. The number of pyridine rings is 1. The quantitative estimate of drug-likeness (QED) is 0.752. The van der Waals surface area contributed by atoms with Gasteiger partial charge in [0.2, 0.25) is 5.88 Å². The lowest BCUT2D eigenvalue weighted by Crippen LogP contribution is -2.24. The van der Waals surface area contributed by atoms with E-state index < -0.39 is 11.6 Å². The van der Waals surface area contributed by atoms with Crippen molar-refractivity contribution in [1.29, 1.82) is 0 Å². The highest BCUT2D eigenvalue weighted by Crippen LogP contribution is 2.26. The van der Waals surface area contributed by atoms with E-state index in [1.165, 1.54) is 12.3 Å². The second-order valence-corrected chi connectivity index (χ2v) is 5.53. The number of aromatic nitrogens is 2. The zero-order valence-electron chi connectivity index (χ0n) is 14.0. The number of ether oxygens (including phenoxy) is 1. The van der Waals surface area contributed by atoms with Crippen LogP contribution in [0.2, 0.25) is 0 Å². The van der Waals surface area contributed by atoms with Crippen LogP contribution < -0.4 is 10.1 Å². The molecule has 0 atom stereocenters. The van der Waals surface area contributed by atoms with Gasteiger partial charge in [0, 0.05) is 24.4 Å². The Balaban J connectivity index is 1.76. The van der Waals surface area contributed by atoms with Crippen LogP contribution in [-0.2, 0) is 6.54 Å². The highest BCUT2D eigenvalue weighted by Gasteiger charge is 2.18. The molecule has 26 heavy (non-hydrogen) atoms. The van der Waals surface area contributed by atoms with E-state index in [-0.39, 0.29) is 24.1 Å². The van der Waals surface area contributed by atoms with Crippen molar-refractivity contribution in [1.82, 2.24) is 15.5 Å². The summed E-state index contributed by atoms with van der Waals surface area (Å²) in [7, 11) is 0. The van der Waals surface area contributed by atoms with Crippen molar-refractivity contribution in [2.45, 2.75) is 20.4 Å². The monoisotopic (exact) mass is 359 g/mol. The van der Waals surface area contributed by atoms with E-state index in [1.807, 2.05) is 0 Å². The van der Waals surface area contributed by atoms with Gasteiger partial charge in [0.05, 0.1) is 5.69 Å². The van der Waals surface area contributed by atoms with Crippen molar-refractivity contribution in [3.05, 3.63) is 70.7 Å². The summed E-state index contributed by atoms with van der Waals surface area (Å²) in [6, 6.07) is 6.31. The van der Waals surface area contributed by atoms with Gasteiger partial charge in [0.15, 0.2) is 11.6 Å². The fraction of sp³-hybridized carbons (Fsp3) is 0.167. The largest absolute Gasteiger partial charge is 0.436 e. The van der Waals surface area contributed by atoms with Crippen molar-refractivity contribution in [2.24, 2.45) is 0 Å². The number of carbonyl (C=O) groups excluding carboxylic acids is 1. The van der Waals surface area contributed by atoms with Gasteiger partial charge in [-0.05, 0) is 32.0 Å². The van der Waals surface area contributed by atoms with Crippen LogP contribution in [0.25, 0.3) is 0 Å². The number of carbonyl (C=O) groups is 1. The summed E-state index contributed by atoms with van der Waals surface area (Å²) < 4.78 is 37.2. The van der Waals surface area contributed by atoms with Gasteiger partial charge in [-0.2, -0.15) is 0 Å². The van der Waals surface area contributed by atoms with Gasteiger partial charge in [-0.25, -0.2) is 13.8 Å². The molecule has 0 bridgehead atoms. The number of rotatable bonds is 5. The lowest BCUT2D eigenvalue weighted by Gasteiger charge is -2.11. The van der Waals surface area contributed by atoms with Crippen LogP contribution in [0.15, 0.2) is 41.1 Å². The second-order valence-electron chi connectivity index (χ2n) is 5.53. The summed E-state index contributed by atoms with van der Waals surface area (Å²) in [5.41, 5.74) is 1.37. The van der Waals surface area contributed by atoms with Gasteiger partial charge in [0.25, 0.3) is 5.91 Å². The number of amides is 1. The molecular formula is C18H15F2N3O3. The van der Waals surface area contributed by atoms with E-state index in [2.05, 4.69) is 15.5 Å². The molecule has 3 rings (SSSR count). The number of nitrogens with one attached hydrogen (secondary N) is 1. The topological polar surface area (TPSA) is 77.3 Å². The van der Waals surface area contributed by atoms with Gasteiger partial charge < -0.3 is 14.6 Å². The molecule has 8 heteroatoms. The molecule has 0 saturated heterocycles. The minimum absolute atomic E-state index is 0.0921. The van der Waals surface area contributed by atoms with Gasteiger partial charge in [0.1, 0.15) is 17.1 Å². The highest BCUT2D eigenvalue weighted by atomic mass is 19.1. The van der Waals surface area contributed by atoms with Crippen molar-refractivity contribution in [3.8, 4) is 11.6 Å². The number of nitrogens with zero attached hydrogens (tertiary/aromatic N) is 2. The van der Waals surface area contributed by atoms with Crippen molar-refractivity contribution >= 4 is 5.91 Å². The molecule has 0 radical (unpaired) electrons. The third kappa shape index (κ3) is 3.69. The minimum atomic E-state index is -0.846. The smallest absolute Gasteiger partial charge is 0.257 e. The van der Waals surface area contributed by atoms with Gasteiger partial charge in [-0.1, -0.05) is 11.2 Å². The zero-order valence-corrected chi connectivity index (χ0v) is 14.0. The summed E-state index contributed by atoms with van der Waals surface area (Å²) in [5.74, 6) is -1.55. The summed E-state index contributed by atoms with van der Waals surface area (Å²) in [6.45, 7) is 3.40. The van der Waals surface area contributed by atoms with Crippen LogP contribution in [0.1, 0.15) is 27.4 Å². The van der Waals surface area contributed by atoms with E-state index in [4.69, 9.17) is 9.26 Å². The van der Waals surface area contributed by atoms with E-state index in [0.717, 1.165) is 12.1 Å². The summed E-state index contributed by atoms with van der Waals surface area (Å²) in [4.78, 5) is 16.4. The first kappa shape index (κ1) is 17.5. The molecule has 1 N–H and O–H groups in total. The number of hydrogen-bond acceptors (Lipinski definition) is 5. The van der Waals surface area contributed by atoms with Crippen molar-refractivity contribution in [3.63, 3.8) is 0 Å². The Morgan fingerprint density at radius 1 is 1.27 bits per heavy atom. The Morgan fingerprint density at radius 2 is 2.08 bits per heavy atom. The van der Waals surface area contributed by atoms with Crippen LogP contribution in [0.5, 0.6) is 11.6 Å². The Morgan fingerprint density at radius 3 is 2.77 bits per heavy atom. The molecule has 0 aliphatic heterocycles. The first-order chi connectivity index (χ1) is 12.5. The number of benzene rings is 1. The first-order valence-electron chi connectivity index (χ1n) is 7.73. The minimum Gasteiger partial charge on any atom is -0.436 e. The maximum Gasteiger partial charge on any atom is 0.257 e. The molecule has 0 spiro atoms. The molecule has 2 aromatic heterocycles. The Hall–Kier alpha value is -3.29. The van der Waals surface area contributed by atoms with Crippen LogP contribution >= 0.6 is 0 Å². The molecule has 6 nitrogen and oxygen atoms in total. The van der Waals surface area contributed by atoms with E-state index in [9.17, 15) is 13.6 Å². The molecule has 0 aliphatic carbocycles. The number of halogens is 2. The number of hydrogen-bond donors (Lipinski definition) is 1. The third-order valence-corrected chi connectivity index (χ3v) is 3.65. The molecule has 3 aromatic rings. The Kier molecular flexibility index (Phi) is 4.92. The standard InChI is InChI=1S/C18H15F2N3O3/c1-10-16(11(2)26-23-10)17(24)22-9-12-4-3-7-21-18(12)25-15-6-5-13(19)8-14(15)20/h3-8H,9H2,1-2H3,(H,22,24). The predicted molar refractivity (Wildman–Crippen MR) is 87.8 cm³/mol. The van der Waals surface area contributed by atoms with Crippen molar-refractivity contribution < 1.29 is 22.8 Å². The lowest BCUT2D eigenvalue weighted by atomic mass is 10.2. The summed E-state index contributed by atoms with van der Waals surface area (Å²) >= 11 is 0. The molecule has 1 amide bonds. The molecular weight excluding hydrogens is 344 g/mol. The lowest BCUT2D eigenvalue weighted by molar-refractivity contribution is 0.0948. The normalized spacial score (nSPS) is 10.6. The highest BCUT2D eigenvalue weighted by molar-refractivity contribution is 5.96. The maximum atomic E-state index is 13.8. The van der Waals surface area contributed by atoms with Crippen LogP contribution in [0, 0.1) is 25.5 Å². The van der Waals surface area contributed by atoms with Crippen LogP contribution in [0.3, 0.4) is 0 Å². The molecule has 1 aromatic carbocycles. The average molecular weight is 359 g/mol. The molecule has 2 heterocycles. The van der Waals surface area contributed by atoms with Gasteiger partial charge in [-0.15, -0.1) is 0 Å². The Labute approximate surface area is 147 Å². The average Bonchev–Trinajstić information content (AvgIpc) is 2.95. The van der Waals surface area contributed by atoms with Gasteiger partial charge in [-0.3, -0.25) is 4.79 Å². The van der Waals surface area contributed by atoms with Crippen molar-refractivity contribution in [2.75, 3.05) is 0 Å². The number of aryl methyl sites for hydroxylation is 2. The third-order valence-electron chi connectivity index (χ3n) is 3.65. The summed E-state index contributed by atoms with van der Waals surface area (Å²) in [5, 5.41) is 6.46. The second kappa shape index (κ2) is 7.30. The van der Waals surface area contributed by atoms with E-state index >= 15 is 0 Å². The zero-order chi connectivity index (χ0) is 18.7. The molecule has 0 unspecified atom stereocenters. The molecule has 0 fully saturated rings. The van der Waals surface area contributed by atoms with E-state index in [0.29, 0.717) is 22.6 Å². The van der Waals surface area contributed by atoms with E-state index in [1.54, 1.807) is 26.0 Å². The SMILES string of the molecule is Cc1noc(C)c1C(=O)NCc1cccnc1Oc1ccc(F)cc1F. The molecule has 0 aliphatic rings.